The molecule has 0 unspecified atom stereocenters. The number of hydrogen-bond acceptors (Lipinski definition) is 6. The quantitative estimate of drug-likeness (QED) is 0.344. The van der Waals surface area contributed by atoms with Gasteiger partial charge in [-0.1, -0.05) is 41.4 Å². The monoisotopic (exact) mass is 485 g/mol. The van der Waals surface area contributed by atoms with Crippen molar-refractivity contribution < 1.29 is 23.9 Å². The van der Waals surface area contributed by atoms with E-state index in [1.807, 2.05) is 0 Å². The Labute approximate surface area is 196 Å². The highest BCUT2D eigenvalue weighted by Gasteiger charge is 2.34. The molecule has 2 aromatic carbocycles. The summed E-state index contributed by atoms with van der Waals surface area (Å²) >= 11 is 17.1. The fourth-order valence-electron chi connectivity index (χ4n) is 3.07. The fourth-order valence-corrected chi connectivity index (χ4v) is 3.79. The SMILES string of the molecule is O=C1NC(=S)N(c2cccc(Cl)c2)C(=O)/C1=C\c1ccc(-c2ccc(C(=O)[O-])c(Cl)c2)o1. The summed E-state index contributed by atoms with van der Waals surface area (Å²) in [6.45, 7) is 0. The van der Waals surface area contributed by atoms with Crippen LogP contribution < -0.4 is 15.3 Å². The minimum Gasteiger partial charge on any atom is -0.545 e. The number of hydrogen-bond donors (Lipinski definition) is 1. The van der Waals surface area contributed by atoms with Crippen LogP contribution in [0.3, 0.4) is 0 Å². The lowest BCUT2D eigenvalue weighted by Crippen LogP contribution is -2.54. The molecule has 1 aromatic heterocycles. The van der Waals surface area contributed by atoms with Crippen molar-refractivity contribution in [1.82, 2.24) is 5.32 Å². The third-order valence-corrected chi connectivity index (χ3v) is 5.39. The van der Waals surface area contributed by atoms with E-state index < -0.39 is 17.8 Å². The Morgan fingerprint density at radius 3 is 2.56 bits per heavy atom. The van der Waals surface area contributed by atoms with Crippen LogP contribution in [0.4, 0.5) is 5.69 Å². The van der Waals surface area contributed by atoms with Crippen molar-refractivity contribution in [3.05, 3.63) is 81.5 Å². The molecule has 10 heteroatoms. The summed E-state index contributed by atoms with van der Waals surface area (Å²) in [6, 6.07) is 13.9. The first-order valence-electron chi connectivity index (χ1n) is 9.03. The van der Waals surface area contributed by atoms with E-state index in [0.717, 1.165) is 4.90 Å². The Hall–Kier alpha value is -3.46. The standard InChI is InChI=1S/C22H12Cl2N2O5S/c23-12-2-1-3-13(9-12)26-20(28)16(19(27)25-22(26)32)10-14-5-7-18(31-14)11-4-6-15(21(29)30)17(24)8-11/h1-10H,(H,29,30)(H,25,27,32)/p-1/b16-10-. The van der Waals surface area contributed by atoms with E-state index >= 15 is 0 Å². The summed E-state index contributed by atoms with van der Waals surface area (Å²) in [6.07, 6.45) is 1.29. The van der Waals surface area contributed by atoms with E-state index in [-0.39, 0.29) is 27.0 Å². The van der Waals surface area contributed by atoms with E-state index in [1.54, 1.807) is 36.4 Å². The molecule has 0 saturated carbocycles. The lowest BCUT2D eigenvalue weighted by atomic mass is 10.1. The number of anilines is 1. The van der Waals surface area contributed by atoms with Gasteiger partial charge in [-0.05, 0) is 54.7 Å². The van der Waals surface area contributed by atoms with Gasteiger partial charge in [-0.2, -0.15) is 0 Å². The molecule has 1 aliphatic heterocycles. The molecule has 2 amide bonds. The molecule has 0 bridgehead atoms. The van der Waals surface area contributed by atoms with Crippen LogP contribution in [0.1, 0.15) is 16.1 Å². The number of carbonyl (C=O) groups is 3. The maximum atomic E-state index is 13.0. The zero-order valence-corrected chi connectivity index (χ0v) is 18.3. The Morgan fingerprint density at radius 1 is 1.09 bits per heavy atom. The van der Waals surface area contributed by atoms with Crippen molar-refractivity contribution in [1.29, 1.82) is 0 Å². The molecule has 32 heavy (non-hydrogen) atoms. The smallest absolute Gasteiger partial charge is 0.270 e. The van der Waals surface area contributed by atoms with Crippen LogP contribution in [-0.4, -0.2) is 22.9 Å². The third-order valence-electron chi connectivity index (χ3n) is 4.55. The number of halogens is 2. The first kappa shape index (κ1) is 21.8. The van der Waals surface area contributed by atoms with E-state index in [1.165, 1.54) is 24.3 Å². The van der Waals surface area contributed by atoms with Crippen LogP contribution in [0.15, 0.2) is 64.6 Å². The number of carboxylic acid groups (broad SMARTS) is 1. The molecule has 2 heterocycles. The predicted molar refractivity (Wildman–Crippen MR) is 121 cm³/mol. The van der Waals surface area contributed by atoms with Crippen LogP contribution >= 0.6 is 35.4 Å². The van der Waals surface area contributed by atoms with Crippen molar-refractivity contribution in [2.24, 2.45) is 0 Å². The predicted octanol–water partition coefficient (Wildman–Crippen LogP) is 3.45. The molecule has 3 aromatic rings. The Kier molecular flexibility index (Phi) is 5.84. The molecule has 160 valence electrons. The molecule has 0 spiro atoms. The van der Waals surface area contributed by atoms with Crippen molar-refractivity contribution >= 4 is 70.1 Å². The van der Waals surface area contributed by atoms with E-state index in [4.69, 9.17) is 39.8 Å². The largest absolute Gasteiger partial charge is 0.545 e. The topological polar surface area (TPSA) is 103 Å². The summed E-state index contributed by atoms with van der Waals surface area (Å²) in [5.41, 5.74) is 0.572. The molecule has 1 N–H and O–H groups in total. The third kappa shape index (κ3) is 4.16. The molecular formula is C22H11Cl2N2O5S-. The maximum absolute atomic E-state index is 13.0. The van der Waals surface area contributed by atoms with Gasteiger partial charge in [-0.25, -0.2) is 0 Å². The van der Waals surface area contributed by atoms with Gasteiger partial charge in [0.05, 0.1) is 16.7 Å². The molecule has 1 aliphatic rings. The summed E-state index contributed by atoms with van der Waals surface area (Å²) in [7, 11) is 0. The van der Waals surface area contributed by atoms with Gasteiger partial charge in [-0.15, -0.1) is 0 Å². The lowest BCUT2D eigenvalue weighted by Gasteiger charge is -2.28. The minimum atomic E-state index is -1.39. The summed E-state index contributed by atoms with van der Waals surface area (Å²) in [5.74, 6) is -2.12. The molecule has 0 atom stereocenters. The van der Waals surface area contributed by atoms with Gasteiger partial charge >= 0.3 is 0 Å². The van der Waals surface area contributed by atoms with Gasteiger partial charge in [0.15, 0.2) is 5.11 Å². The highest BCUT2D eigenvalue weighted by molar-refractivity contribution is 7.80. The number of carboxylic acids is 1. The molecule has 7 nitrogen and oxygen atoms in total. The number of nitrogens with zero attached hydrogens (tertiary/aromatic N) is 1. The van der Waals surface area contributed by atoms with E-state index in [0.29, 0.717) is 22.0 Å². The van der Waals surface area contributed by atoms with Gasteiger partial charge in [0.2, 0.25) is 0 Å². The number of thiocarbonyl (C=S) groups is 1. The van der Waals surface area contributed by atoms with Gasteiger partial charge in [0, 0.05) is 16.1 Å². The number of benzene rings is 2. The van der Waals surface area contributed by atoms with Crippen molar-refractivity contribution in [2.75, 3.05) is 4.90 Å². The summed E-state index contributed by atoms with van der Waals surface area (Å²) < 4.78 is 5.71. The second-order valence-electron chi connectivity index (χ2n) is 6.62. The molecule has 0 radical (unpaired) electrons. The lowest BCUT2D eigenvalue weighted by molar-refractivity contribution is -0.255. The zero-order valence-electron chi connectivity index (χ0n) is 15.9. The number of aromatic carboxylic acids is 1. The van der Waals surface area contributed by atoms with Crippen molar-refractivity contribution in [2.45, 2.75) is 0 Å². The number of furan rings is 1. The van der Waals surface area contributed by atoms with E-state index in [9.17, 15) is 19.5 Å². The van der Waals surface area contributed by atoms with Crippen LogP contribution in [-0.2, 0) is 9.59 Å². The van der Waals surface area contributed by atoms with Crippen molar-refractivity contribution in [3.63, 3.8) is 0 Å². The number of carbonyl (C=O) groups excluding carboxylic acids is 3. The fraction of sp³-hybridized carbons (Fsp3) is 0. The van der Waals surface area contributed by atoms with Crippen LogP contribution in [0.2, 0.25) is 10.0 Å². The zero-order chi connectivity index (χ0) is 23.0. The summed E-state index contributed by atoms with van der Waals surface area (Å²) in [5, 5.41) is 13.8. The average Bonchev–Trinajstić information content (AvgIpc) is 3.19. The van der Waals surface area contributed by atoms with Crippen molar-refractivity contribution in [3.8, 4) is 11.3 Å². The Bertz CT molecular complexity index is 1330. The van der Waals surface area contributed by atoms with Gasteiger partial charge in [-0.3, -0.25) is 19.8 Å². The van der Waals surface area contributed by atoms with Gasteiger partial charge in [0.1, 0.15) is 17.1 Å². The second kappa shape index (κ2) is 8.58. The normalized spacial score (nSPS) is 15.2. The van der Waals surface area contributed by atoms with E-state index in [2.05, 4.69) is 5.32 Å². The van der Waals surface area contributed by atoms with Crippen LogP contribution in [0.5, 0.6) is 0 Å². The maximum Gasteiger partial charge on any atom is 0.270 e. The molecule has 0 aliphatic carbocycles. The summed E-state index contributed by atoms with van der Waals surface area (Å²) in [4.78, 5) is 37.6. The molecular weight excluding hydrogens is 475 g/mol. The number of rotatable bonds is 4. The highest BCUT2D eigenvalue weighted by atomic mass is 35.5. The first-order chi connectivity index (χ1) is 15.2. The number of nitrogens with one attached hydrogen (secondary N) is 1. The Balaban J connectivity index is 1.66. The van der Waals surface area contributed by atoms with Gasteiger partial charge < -0.3 is 14.3 Å². The number of amides is 2. The van der Waals surface area contributed by atoms with Crippen LogP contribution in [0, 0.1) is 0 Å². The first-order valence-corrected chi connectivity index (χ1v) is 10.2. The Morgan fingerprint density at radius 2 is 1.88 bits per heavy atom. The highest BCUT2D eigenvalue weighted by Crippen LogP contribution is 2.29. The van der Waals surface area contributed by atoms with Crippen LogP contribution in [0.25, 0.3) is 17.4 Å². The average molecular weight is 486 g/mol. The minimum absolute atomic E-state index is 0.00804. The molecule has 1 fully saturated rings. The molecule has 1 saturated heterocycles. The van der Waals surface area contributed by atoms with Gasteiger partial charge in [0.25, 0.3) is 11.8 Å². The second-order valence-corrected chi connectivity index (χ2v) is 7.85. The molecule has 4 rings (SSSR count).